The lowest BCUT2D eigenvalue weighted by atomic mass is 10.2. The molecule has 2 heterocycles. The van der Waals surface area contributed by atoms with E-state index in [0.717, 1.165) is 12.3 Å². The van der Waals surface area contributed by atoms with Crippen LogP contribution in [0, 0.1) is 0 Å². The Labute approximate surface area is 86.6 Å². The highest BCUT2D eigenvalue weighted by Crippen LogP contribution is 2.30. The topological polar surface area (TPSA) is 38.7 Å². The Kier molecular flexibility index (Phi) is 2.39. The minimum absolute atomic E-state index is 0.375. The molecule has 3 nitrogen and oxygen atoms in total. The van der Waals surface area contributed by atoms with Crippen LogP contribution in [-0.4, -0.2) is 15.2 Å². The van der Waals surface area contributed by atoms with Gasteiger partial charge in [0.25, 0.3) is 0 Å². The highest BCUT2D eigenvalue weighted by Gasteiger charge is 2.32. The van der Waals surface area contributed by atoms with Crippen LogP contribution in [0.5, 0.6) is 0 Å². The van der Waals surface area contributed by atoms with Crippen molar-refractivity contribution in [3.8, 4) is 10.6 Å². The zero-order valence-electron chi connectivity index (χ0n) is 7.19. The summed E-state index contributed by atoms with van der Waals surface area (Å²) in [6, 6.07) is 2.43. The molecule has 0 amide bonds. The standard InChI is InChI=1S/C8H4F3N3S/c9-8(10,11)6-3-5(1-2-12-6)7-14-13-4-15-7/h1-4H. The van der Waals surface area contributed by atoms with Crippen LogP contribution in [0.15, 0.2) is 23.8 Å². The average Bonchev–Trinajstić information content (AvgIpc) is 2.69. The molecule has 0 atom stereocenters. The Morgan fingerprint density at radius 3 is 2.67 bits per heavy atom. The van der Waals surface area contributed by atoms with Crippen molar-refractivity contribution < 1.29 is 13.2 Å². The lowest BCUT2D eigenvalue weighted by molar-refractivity contribution is -0.141. The van der Waals surface area contributed by atoms with Crippen LogP contribution >= 0.6 is 11.3 Å². The van der Waals surface area contributed by atoms with E-state index in [-0.39, 0.29) is 0 Å². The van der Waals surface area contributed by atoms with Gasteiger partial charge in [-0.25, -0.2) is 0 Å². The van der Waals surface area contributed by atoms with Crippen molar-refractivity contribution in [3.05, 3.63) is 29.5 Å². The Morgan fingerprint density at radius 2 is 2.07 bits per heavy atom. The van der Waals surface area contributed by atoms with Crippen molar-refractivity contribution in [2.75, 3.05) is 0 Å². The maximum absolute atomic E-state index is 12.3. The second-order valence-electron chi connectivity index (χ2n) is 2.67. The van der Waals surface area contributed by atoms with Gasteiger partial charge in [0.2, 0.25) is 0 Å². The minimum atomic E-state index is -4.43. The van der Waals surface area contributed by atoms with Crippen LogP contribution in [-0.2, 0) is 6.18 Å². The van der Waals surface area contributed by atoms with Crippen molar-refractivity contribution >= 4 is 11.3 Å². The molecule has 0 unspecified atom stereocenters. The SMILES string of the molecule is FC(F)(F)c1cc(-c2nncs2)ccn1. The first-order valence-corrected chi connectivity index (χ1v) is 4.75. The quantitative estimate of drug-likeness (QED) is 0.757. The van der Waals surface area contributed by atoms with Crippen LogP contribution in [0.3, 0.4) is 0 Å². The fourth-order valence-electron chi connectivity index (χ4n) is 1.02. The summed E-state index contributed by atoms with van der Waals surface area (Å²) in [5.41, 5.74) is 0.915. The molecule has 0 aliphatic carbocycles. The summed E-state index contributed by atoms with van der Waals surface area (Å²) in [5, 5.41) is 7.69. The first kappa shape index (κ1) is 10.0. The summed E-state index contributed by atoms with van der Waals surface area (Å²) < 4.78 is 36.9. The fraction of sp³-hybridized carbons (Fsp3) is 0.125. The number of hydrogen-bond donors (Lipinski definition) is 0. The van der Waals surface area contributed by atoms with E-state index in [9.17, 15) is 13.2 Å². The number of pyridine rings is 1. The normalized spacial score (nSPS) is 11.7. The summed E-state index contributed by atoms with van der Waals surface area (Å²) in [5.74, 6) is 0. The summed E-state index contributed by atoms with van der Waals surface area (Å²) in [6.45, 7) is 0. The molecule has 0 radical (unpaired) electrons. The molecular formula is C8H4F3N3S. The highest BCUT2D eigenvalue weighted by atomic mass is 32.1. The zero-order valence-corrected chi connectivity index (χ0v) is 8.01. The van der Waals surface area contributed by atoms with Crippen LogP contribution in [0.25, 0.3) is 10.6 Å². The maximum Gasteiger partial charge on any atom is 0.433 e. The molecule has 78 valence electrons. The number of alkyl halides is 3. The Balaban J connectivity index is 2.44. The maximum atomic E-state index is 12.3. The highest BCUT2D eigenvalue weighted by molar-refractivity contribution is 7.12. The summed E-state index contributed by atoms with van der Waals surface area (Å²) in [6.07, 6.45) is -3.32. The molecule has 2 rings (SSSR count). The van der Waals surface area contributed by atoms with E-state index in [2.05, 4.69) is 15.2 Å². The summed E-state index contributed by atoms with van der Waals surface area (Å²) >= 11 is 1.18. The first-order chi connectivity index (χ1) is 7.07. The van der Waals surface area contributed by atoms with Gasteiger partial charge in [-0.3, -0.25) is 4.98 Å². The van der Waals surface area contributed by atoms with E-state index >= 15 is 0 Å². The lowest BCUT2D eigenvalue weighted by Crippen LogP contribution is -2.07. The van der Waals surface area contributed by atoms with Gasteiger partial charge in [0, 0.05) is 11.8 Å². The van der Waals surface area contributed by atoms with Gasteiger partial charge in [0.05, 0.1) is 0 Å². The van der Waals surface area contributed by atoms with E-state index in [4.69, 9.17) is 0 Å². The molecule has 7 heteroatoms. The third-order valence-electron chi connectivity index (χ3n) is 1.66. The average molecular weight is 231 g/mol. The molecular weight excluding hydrogens is 227 g/mol. The predicted octanol–water partition coefficient (Wildman–Crippen LogP) is 2.62. The van der Waals surface area contributed by atoms with Gasteiger partial charge in [-0.1, -0.05) is 11.3 Å². The van der Waals surface area contributed by atoms with Crippen molar-refractivity contribution in [1.29, 1.82) is 0 Å². The van der Waals surface area contributed by atoms with Gasteiger partial charge < -0.3 is 0 Å². The van der Waals surface area contributed by atoms with Crippen LogP contribution in [0.2, 0.25) is 0 Å². The zero-order chi connectivity index (χ0) is 10.9. The number of nitrogens with zero attached hydrogens (tertiary/aromatic N) is 3. The number of aromatic nitrogens is 3. The molecule has 0 aromatic carbocycles. The van der Waals surface area contributed by atoms with E-state index in [0.29, 0.717) is 10.6 Å². The number of halogens is 3. The molecule has 15 heavy (non-hydrogen) atoms. The van der Waals surface area contributed by atoms with Crippen molar-refractivity contribution in [2.45, 2.75) is 6.18 Å². The molecule has 0 aliphatic rings. The van der Waals surface area contributed by atoms with Crippen molar-refractivity contribution in [1.82, 2.24) is 15.2 Å². The van der Waals surface area contributed by atoms with E-state index in [1.807, 2.05) is 0 Å². The molecule has 0 aliphatic heterocycles. The largest absolute Gasteiger partial charge is 0.433 e. The Bertz CT molecular complexity index is 452. The van der Waals surface area contributed by atoms with Crippen LogP contribution in [0.1, 0.15) is 5.69 Å². The molecule has 0 fully saturated rings. The molecule has 0 saturated carbocycles. The van der Waals surface area contributed by atoms with Crippen molar-refractivity contribution in [3.63, 3.8) is 0 Å². The lowest BCUT2D eigenvalue weighted by Gasteiger charge is -2.05. The third kappa shape index (κ3) is 2.12. The predicted molar refractivity (Wildman–Crippen MR) is 48.1 cm³/mol. The molecule has 2 aromatic heterocycles. The minimum Gasteiger partial charge on any atom is -0.252 e. The van der Waals surface area contributed by atoms with E-state index in [1.54, 1.807) is 0 Å². The summed E-state index contributed by atoms with van der Waals surface area (Å²) in [4.78, 5) is 3.25. The Hall–Kier alpha value is -1.50. The third-order valence-corrected chi connectivity index (χ3v) is 2.40. The van der Waals surface area contributed by atoms with Gasteiger partial charge in [-0.05, 0) is 12.1 Å². The van der Waals surface area contributed by atoms with Gasteiger partial charge >= 0.3 is 6.18 Å². The van der Waals surface area contributed by atoms with Crippen LogP contribution in [0.4, 0.5) is 13.2 Å². The van der Waals surface area contributed by atoms with E-state index < -0.39 is 11.9 Å². The summed E-state index contributed by atoms with van der Waals surface area (Å²) in [7, 11) is 0. The fourth-order valence-corrected chi connectivity index (χ4v) is 1.57. The van der Waals surface area contributed by atoms with Crippen LogP contribution < -0.4 is 0 Å². The monoisotopic (exact) mass is 231 g/mol. The number of rotatable bonds is 1. The second-order valence-corrected chi connectivity index (χ2v) is 3.50. The molecule has 0 bridgehead atoms. The Morgan fingerprint density at radius 1 is 1.27 bits per heavy atom. The van der Waals surface area contributed by atoms with Crippen molar-refractivity contribution in [2.24, 2.45) is 0 Å². The molecule has 0 spiro atoms. The molecule has 2 aromatic rings. The molecule has 0 saturated heterocycles. The smallest absolute Gasteiger partial charge is 0.252 e. The first-order valence-electron chi connectivity index (χ1n) is 3.87. The van der Waals surface area contributed by atoms with Gasteiger partial charge in [-0.2, -0.15) is 13.2 Å². The van der Waals surface area contributed by atoms with Gasteiger partial charge in [0.15, 0.2) is 0 Å². The van der Waals surface area contributed by atoms with E-state index in [1.165, 1.54) is 22.9 Å². The molecule has 0 N–H and O–H groups in total. The van der Waals surface area contributed by atoms with Gasteiger partial charge in [0.1, 0.15) is 16.2 Å². The second kappa shape index (κ2) is 3.58. The van der Waals surface area contributed by atoms with Gasteiger partial charge in [-0.15, -0.1) is 10.2 Å². The number of hydrogen-bond acceptors (Lipinski definition) is 4.